The zero-order chi connectivity index (χ0) is 16.5. The number of rotatable bonds is 4. The Balaban J connectivity index is 1.50. The average Bonchev–Trinajstić information content (AvgIpc) is 3.34. The molecule has 1 atom stereocenters. The molecule has 1 saturated heterocycles. The molecule has 0 aromatic carbocycles. The third-order valence-corrected chi connectivity index (χ3v) is 4.71. The standard InChI is InChI=1S/C18H20N4O2/c1-2-22-16(20-15-4-3-7-19-17(15)22)10-13-5-8-21(11-13)18(23)14-6-9-24-12-14/h3-4,6-7,9,12-13H,2,5,8,10-11H2,1H3. The molecular weight excluding hydrogens is 304 g/mol. The number of likely N-dealkylation sites (tertiary alicyclic amines) is 1. The highest BCUT2D eigenvalue weighted by Gasteiger charge is 2.28. The molecule has 1 unspecified atom stereocenters. The number of carbonyl (C=O) groups is 1. The number of imidazole rings is 1. The van der Waals surface area contributed by atoms with Gasteiger partial charge >= 0.3 is 0 Å². The maximum Gasteiger partial charge on any atom is 0.257 e. The number of amides is 1. The smallest absolute Gasteiger partial charge is 0.257 e. The molecule has 1 aliphatic rings. The largest absolute Gasteiger partial charge is 0.472 e. The zero-order valence-corrected chi connectivity index (χ0v) is 13.7. The van der Waals surface area contributed by atoms with Gasteiger partial charge in [0.1, 0.15) is 17.6 Å². The molecule has 1 fully saturated rings. The molecule has 4 heterocycles. The predicted molar refractivity (Wildman–Crippen MR) is 89.6 cm³/mol. The van der Waals surface area contributed by atoms with Crippen LogP contribution in [0.5, 0.6) is 0 Å². The molecular formula is C18H20N4O2. The maximum absolute atomic E-state index is 12.4. The molecule has 0 spiro atoms. The first-order valence-electron chi connectivity index (χ1n) is 8.38. The van der Waals surface area contributed by atoms with Crippen LogP contribution < -0.4 is 0 Å². The molecule has 3 aromatic rings. The van der Waals surface area contributed by atoms with Crippen molar-refractivity contribution in [3.63, 3.8) is 0 Å². The minimum absolute atomic E-state index is 0.0527. The summed E-state index contributed by atoms with van der Waals surface area (Å²) in [5.41, 5.74) is 2.51. The van der Waals surface area contributed by atoms with E-state index >= 15 is 0 Å². The van der Waals surface area contributed by atoms with Crippen molar-refractivity contribution in [2.75, 3.05) is 13.1 Å². The van der Waals surface area contributed by atoms with E-state index in [0.717, 1.165) is 49.5 Å². The van der Waals surface area contributed by atoms with E-state index in [1.165, 1.54) is 12.5 Å². The second-order valence-electron chi connectivity index (χ2n) is 6.24. The lowest BCUT2D eigenvalue weighted by molar-refractivity contribution is 0.0786. The Morgan fingerprint density at radius 2 is 2.33 bits per heavy atom. The molecule has 0 bridgehead atoms. The fourth-order valence-electron chi connectivity index (χ4n) is 3.50. The van der Waals surface area contributed by atoms with Crippen molar-refractivity contribution < 1.29 is 9.21 Å². The van der Waals surface area contributed by atoms with E-state index in [4.69, 9.17) is 9.40 Å². The third-order valence-electron chi connectivity index (χ3n) is 4.71. The molecule has 4 rings (SSSR count). The summed E-state index contributed by atoms with van der Waals surface area (Å²) in [5.74, 6) is 1.55. The van der Waals surface area contributed by atoms with Crippen molar-refractivity contribution in [1.82, 2.24) is 19.4 Å². The quantitative estimate of drug-likeness (QED) is 0.740. The van der Waals surface area contributed by atoms with E-state index in [9.17, 15) is 4.79 Å². The van der Waals surface area contributed by atoms with Crippen molar-refractivity contribution in [2.24, 2.45) is 5.92 Å². The summed E-state index contributed by atoms with van der Waals surface area (Å²) in [5, 5.41) is 0. The van der Waals surface area contributed by atoms with E-state index in [2.05, 4.69) is 16.5 Å². The summed E-state index contributed by atoms with van der Waals surface area (Å²) in [7, 11) is 0. The molecule has 124 valence electrons. The molecule has 3 aromatic heterocycles. The number of pyridine rings is 1. The van der Waals surface area contributed by atoms with Crippen LogP contribution in [0.4, 0.5) is 0 Å². The van der Waals surface area contributed by atoms with Gasteiger partial charge in [0, 0.05) is 32.3 Å². The van der Waals surface area contributed by atoms with Crippen LogP contribution in [0, 0.1) is 5.92 Å². The summed E-state index contributed by atoms with van der Waals surface area (Å²) >= 11 is 0. The van der Waals surface area contributed by atoms with Crippen molar-refractivity contribution in [3.8, 4) is 0 Å². The molecule has 6 nitrogen and oxygen atoms in total. The van der Waals surface area contributed by atoms with Gasteiger partial charge in [0.25, 0.3) is 5.91 Å². The highest BCUT2D eigenvalue weighted by molar-refractivity contribution is 5.94. The summed E-state index contributed by atoms with van der Waals surface area (Å²) in [6.45, 7) is 4.53. The van der Waals surface area contributed by atoms with Crippen LogP contribution in [0.15, 0.2) is 41.3 Å². The van der Waals surface area contributed by atoms with Crippen LogP contribution in [-0.2, 0) is 13.0 Å². The summed E-state index contributed by atoms with van der Waals surface area (Å²) in [4.78, 5) is 23.5. The number of hydrogen-bond acceptors (Lipinski definition) is 4. The molecule has 0 aliphatic carbocycles. The molecule has 6 heteroatoms. The molecule has 0 N–H and O–H groups in total. The van der Waals surface area contributed by atoms with Gasteiger partial charge in [0.2, 0.25) is 0 Å². The van der Waals surface area contributed by atoms with Gasteiger partial charge < -0.3 is 13.9 Å². The van der Waals surface area contributed by atoms with Gasteiger partial charge in [-0.05, 0) is 37.5 Å². The Hall–Kier alpha value is -2.63. The van der Waals surface area contributed by atoms with Gasteiger partial charge in [-0.1, -0.05) is 0 Å². The van der Waals surface area contributed by atoms with Gasteiger partial charge in [-0.15, -0.1) is 0 Å². The first kappa shape index (κ1) is 14.9. The maximum atomic E-state index is 12.4. The van der Waals surface area contributed by atoms with Crippen molar-refractivity contribution in [2.45, 2.75) is 26.3 Å². The number of aryl methyl sites for hydroxylation is 1. The molecule has 1 amide bonds. The number of nitrogens with zero attached hydrogens (tertiary/aromatic N) is 4. The highest BCUT2D eigenvalue weighted by Crippen LogP contribution is 2.24. The second-order valence-corrected chi connectivity index (χ2v) is 6.24. The molecule has 24 heavy (non-hydrogen) atoms. The fourth-order valence-corrected chi connectivity index (χ4v) is 3.50. The van der Waals surface area contributed by atoms with E-state index in [1.54, 1.807) is 12.3 Å². The Bertz CT molecular complexity index is 853. The lowest BCUT2D eigenvalue weighted by Crippen LogP contribution is -2.28. The average molecular weight is 324 g/mol. The van der Waals surface area contributed by atoms with Crippen LogP contribution in [-0.4, -0.2) is 38.4 Å². The number of fused-ring (bicyclic) bond motifs is 1. The first-order valence-corrected chi connectivity index (χ1v) is 8.38. The first-order chi connectivity index (χ1) is 11.8. The topological polar surface area (TPSA) is 64.2 Å². The van der Waals surface area contributed by atoms with E-state index in [-0.39, 0.29) is 5.91 Å². The van der Waals surface area contributed by atoms with Crippen LogP contribution in [0.2, 0.25) is 0 Å². The minimum atomic E-state index is 0.0527. The van der Waals surface area contributed by atoms with Gasteiger partial charge in [-0.2, -0.15) is 0 Å². The Labute approximate surface area is 140 Å². The van der Waals surface area contributed by atoms with E-state index in [1.807, 2.05) is 17.0 Å². The lowest BCUT2D eigenvalue weighted by atomic mass is 10.0. The van der Waals surface area contributed by atoms with Gasteiger partial charge in [0.05, 0.1) is 11.8 Å². The van der Waals surface area contributed by atoms with Crippen LogP contribution in [0.1, 0.15) is 29.5 Å². The monoisotopic (exact) mass is 324 g/mol. The number of hydrogen-bond donors (Lipinski definition) is 0. The number of furan rings is 1. The van der Waals surface area contributed by atoms with Gasteiger partial charge in [0.15, 0.2) is 5.65 Å². The van der Waals surface area contributed by atoms with Crippen LogP contribution in [0.3, 0.4) is 0 Å². The normalized spacial score (nSPS) is 17.7. The van der Waals surface area contributed by atoms with Gasteiger partial charge in [-0.25, -0.2) is 9.97 Å². The fraction of sp³-hybridized carbons (Fsp3) is 0.389. The SMILES string of the molecule is CCn1c(CC2CCN(C(=O)c3ccoc3)C2)nc2cccnc21. The van der Waals surface area contributed by atoms with Gasteiger partial charge in [-0.3, -0.25) is 4.79 Å². The van der Waals surface area contributed by atoms with E-state index < -0.39 is 0 Å². The van der Waals surface area contributed by atoms with Crippen molar-refractivity contribution >= 4 is 17.1 Å². The second kappa shape index (κ2) is 6.11. The Morgan fingerprint density at radius 3 is 3.12 bits per heavy atom. The van der Waals surface area contributed by atoms with E-state index in [0.29, 0.717) is 11.5 Å². The number of aromatic nitrogens is 3. The zero-order valence-electron chi connectivity index (χ0n) is 13.7. The summed E-state index contributed by atoms with van der Waals surface area (Å²) < 4.78 is 7.19. The summed E-state index contributed by atoms with van der Waals surface area (Å²) in [6, 6.07) is 5.64. The Morgan fingerprint density at radius 1 is 1.42 bits per heavy atom. The summed E-state index contributed by atoms with van der Waals surface area (Å²) in [6.07, 6.45) is 6.74. The predicted octanol–water partition coefficient (Wildman–Crippen LogP) is 2.75. The molecule has 0 saturated carbocycles. The lowest BCUT2D eigenvalue weighted by Gasteiger charge is -2.15. The van der Waals surface area contributed by atoms with Crippen molar-refractivity contribution in [1.29, 1.82) is 0 Å². The molecule has 1 aliphatic heterocycles. The van der Waals surface area contributed by atoms with Crippen LogP contribution >= 0.6 is 0 Å². The number of carbonyl (C=O) groups excluding carboxylic acids is 1. The highest BCUT2D eigenvalue weighted by atomic mass is 16.3. The van der Waals surface area contributed by atoms with Crippen LogP contribution in [0.25, 0.3) is 11.2 Å². The Kier molecular flexibility index (Phi) is 3.80. The molecule has 0 radical (unpaired) electrons. The van der Waals surface area contributed by atoms with Crippen molar-refractivity contribution in [3.05, 3.63) is 48.3 Å². The minimum Gasteiger partial charge on any atom is -0.472 e. The third kappa shape index (κ3) is 2.58.